The Morgan fingerprint density at radius 1 is 1.47 bits per heavy atom. The van der Waals surface area contributed by atoms with Gasteiger partial charge < -0.3 is 15.8 Å². The SMILES string of the molecule is COCCNC(=O)C(C)NS(=O)(=O)CCCN. The van der Waals surface area contributed by atoms with E-state index in [2.05, 4.69) is 10.0 Å². The van der Waals surface area contributed by atoms with Gasteiger partial charge in [0.15, 0.2) is 0 Å². The van der Waals surface area contributed by atoms with Crippen LogP contribution in [0.5, 0.6) is 0 Å². The molecule has 0 aromatic carbocycles. The lowest BCUT2D eigenvalue weighted by Crippen LogP contribution is -2.46. The first kappa shape index (κ1) is 16.3. The van der Waals surface area contributed by atoms with Crippen LogP contribution >= 0.6 is 0 Å². The van der Waals surface area contributed by atoms with Crippen LogP contribution in [0.15, 0.2) is 0 Å². The van der Waals surface area contributed by atoms with Crippen molar-refractivity contribution in [1.29, 1.82) is 0 Å². The van der Waals surface area contributed by atoms with Gasteiger partial charge in [-0.3, -0.25) is 4.79 Å². The summed E-state index contributed by atoms with van der Waals surface area (Å²) >= 11 is 0. The second-order valence-electron chi connectivity index (χ2n) is 3.58. The van der Waals surface area contributed by atoms with E-state index in [0.29, 0.717) is 26.1 Å². The van der Waals surface area contributed by atoms with Gasteiger partial charge in [0.05, 0.1) is 18.4 Å². The zero-order valence-corrected chi connectivity index (χ0v) is 11.0. The van der Waals surface area contributed by atoms with Crippen molar-refractivity contribution in [2.24, 2.45) is 5.73 Å². The Hall–Kier alpha value is -0.700. The Morgan fingerprint density at radius 3 is 2.65 bits per heavy atom. The maximum absolute atomic E-state index is 11.5. The Labute approximate surface area is 102 Å². The van der Waals surface area contributed by atoms with Gasteiger partial charge in [-0.1, -0.05) is 0 Å². The number of nitrogens with two attached hydrogens (primary N) is 1. The Balaban J connectivity index is 4.06. The molecule has 0 aliphatic heterocycles. The van der Waals surface area contributed by atoms with Crippen molar-refractivity contribution in [2.75, 3.05) is 32.6 Å². The summed E-state index contributed by atoms with van der Waals surface area (Å²) in [6, 6.07) is -0.797. The van der Waals surface area contributed by atoms with Crippen LogP contribution in [0.4, 0.5) is 0 Å². The molecule has 0 saturated heterocycles. The number of carbonyl (C=O) groups is 1. The third-order valence-corrected chi connectivity index (χ3v) is 3.51. The van der Waals surface area contributed by atoms with Crippen LogP contribution in [0.3, 0.4) is 0 Å². The average molecular weight is 267 g/mol. The summed E-state index contributed by atoms with van der Waals surface area (Å²) in [6.07, 6.45) is 0.368. The van der Waals surface area contributed by atoms with Gasteiger partial charge in [0.25, 0.3) is 0 Å². The highest BCUT2D eigenvalue weighted by Crippen LogP contribution is 1.92. The van der Waals surface area contributed by atoms with Crippen LogP contribution in [-0.4, -0.2) is 52.9 Å². The summed E-state index contributed by atoms with van der Waals surface area (Å²) in [5, 5.41) is 2.55. The summed E-state index contributed by atoms with van der Waals surface area (Å²) in [6.45, 7) is 2.53. The van der Waals surface area contributed by atoms with E-state index in [0.717, 1.165) is 0 Å². The number of rotatable bonds is 9. The van der Waals surface area contributed by atoms with Crippen molar-refractivity contribution in [2.45, 2.75) is 19.4 Å². The maximum atomic E-state index is 11.5. The molecule has 102 valence electrons. The summed E-state index contributed by atoms with van der Waals surface area (Å²) in [7, 11) is -1.92. The maximum Gasteiger partial charge on any atom is 0.237 e. The summed E-state index contributed by atoms with van der Waals surface area (Å²) in [5.74, 6) is -0.447. The molecule has 0 aromatic rings. The average Bonchev–Trinajstić information content (AvgIpc) is 2.26. The van der Waals surface area contributed by atoms with Gasteiger partial charge in [0.2, 0.25) is 15.9 Å². The standard InChI is InChI=1S/C9H21N3O4S/c1-8(9(13)11-5-6-16-2)12-17(14,15)7-3-4-10/h8,12H,3-7,10H2,1-2H3,(H,11,13). The zero-order chi connectivity index (χ0) is 13.3. The zero-order valence-electron chi connectivity index (χ0n) is 10.2. The number of hydrogen-bond donors (Lipinski definition) is 3. The molecule has 0 heterocycles. The van der Waals surface area contributed by atoms with Gasteiger partial charge in [-0.25, -0.2) is 13.1 Å². The molecule has 0 spiro atoms. The lowest BCUT2D eigenvalue weighted by molar-refractivity contribution is -0.122. The van der Waals surface area contributed by atoms with Gasteiger partial charge >= 0.3 is 0 Å². The minimum absolute atomic E-state index is 0.0702. The fourth-order valence-electron chi connectivity index (χ4n) is 1.08. The van der Waals surface area contributed by atoms with E-state index in [1.54, 1.807) is 0 Å². The van der Waals surface area contributed by atoms with E-state index in [1.165, 1.54) is 14.0 Å². The van der Waals surface area contributed by atoms with Gasteiger partial charge in [0, 0.05) is 13.7 Å². The van der Waals surface area contributed by atoms with Crippen LogP contribution in [-0.2, 0) is 19.6 Å². The third-order valence-electron chi connectivity index (χ3n) is 1.97. The van der Waals surface area contributed by atoms with Gasteiger partial charge in [0.1, 0.15) is 0 Å². The Morgan fingerprint density at radius 2 is 2.12 bits per heavy atom. The molecule has 17 heavy (non-hydrogen) atoms. The van der Waals surface area contributed by atoms with Crippen molar-refractivity contribution in [3.05, 3.63) is 0 Å². The van der Waals surface area contributed by atoms with Crippen LogP contribution in [0.2, 0.25) is 0 Å². The fourth-order valence-corrected chi connectivity index (χ4v) is 2.39. The Kier molecular flexibility index (Phi) is 8.05. The molecule has 1 amide bonds. The van der Waals surface area contributed by atoms with Crippen molar-refractivity contribution < 1.29 is 17.9 Å². The molecule has 0 aliphatic rings. The topological polar surface area (TPSA) is 111 Å². The molecule has 0 bridgehead atoms. The van der Waals surface area contributed by atoms with Gasteiger partial charge in [-0.15, -0.1) is 0 Å². The number of carbonyl (C=O) groups excluding carboxylic acids is 1. The molecule has 0 saturated carbocycles. The van der Waals surface area contributed by atoms with E-state index >= 15 is 0 Å². The quantitative estimate of drug-likeness (QED) is 0.436. The highest BCUT2D eigenvalue weighted by atomic mass is 32.2. The Bertz CT molecular complexity index is 318. The van der Waals surface area contributed by atoms with E-state index in [9.17, 15) is 13.2 Å². The smallest absolute Gasteiger partial charge is 0.237 e. The van der Waals surface area contributed by atoms with Crippen molar-refractivity contribution in [3.8, 4) is 0 Å². The predicted octanol–water partition coefficient (Wildman–Crippen LogP) is -1.59. The molecule has 0 aromatic heterocycles. The first-order valence-corrected chi connectivity index (χ1v) is 7.05. The minimum Gasteiger partial charge on any atom is -0.383 e. The first-order chi connectivity index (χ1) is 7.93. The first-order valence-electron chi connectivity index (χ1n) is 5.39. The number of methoxy groups -OCH3 is 1. The molecule has 7 nitrogen and oxygen atoms in total. The number of ether oxygens (including phenoxy) is 1. The van der Waals surface area contributed by atoms with Crippen molar-refractivity contribution in [3.63, 3.8) is 0 Å². The molecule has 0 aliphatic carbocycles. The van der Waals surface area contributed by atoms with E-state index < -0.39 is 16.1 Å². The molecule has 0 radical (unpaired) electrons. The normalized spacial score (nSPS) is 13.4. The van der Waals surface area contributed by atoms with Crippen molar-refractivity contribution in [1.82, 2.24) is 10.0 Å². The monoisotopic (exact) mass is 267 g/mol. The fraction of sp³-hybridized carbons (Fsp3) is 0.889. The second kappa shape index (κ2) is 8.40. The van der Waals surface area contributed by atoms with Crippen LogP contribution in [0, 0.1) is 0 Å². The molecule has 1 atom stereocenters. The second-order valence-corrected chi connectivity index (χ2v) is 5.46. The van der Waals surface area contributed by atoms with Gasteiger partial charge in [-0.2, -0.15) is 0 Å². The lowest BCUT2D eigenvalue weighted by atomic mass is 10.3. The van der Waals surface area contributed by atoms with E-state index in [-0.39, 0.29) is 11.7 Å². The third kappa shape index (κ3) is 8.08. The minimum atomic E-state index is -3.44. The molecule has 1 unspecified atom stereocenters. The van der Waals surface area contributed by atoms with Crippen LogP contribution in [0.25, 0.3) is 0 Å². The number of sulfonamides is 1. The molecule has 0 fully saturated rings. The summed E-state index contributed by atoms with van der Waals surface area (Å²) < 4.78 is 30.0. The predicted molar refractivity (Wildman–Crippen MR) is 64.9 cm³/mol. The highest BCUT2D eigenvalue weighted by Gasteiger charge is 2.19. The number of hydrogen-bond acceptors (Lipinski definition) is 5. The largest absolute Gasteiger partial charge is 0.383 e. The lowest BCUT2D eigenvalue weighted by Gasteiger charge is -2.14. The number of amides is 1. The number of nitrogens with one attached hydrogen (secondary N) is 2. The van der Waals surface area contributed by atoms with Gasteiger partial charge in [-0.05, 0) is 19.9 Å². The molecule has 4 N–H and O–H groups in total. The van der Waals surface area contributed by atoms with Crippen LogP contribution < -0.4 is 15.8 Å². The summed E-state index contributed by atoms with van der Waals surface area (Å²) in [4.78, 5) is 11.5. The highest BCUT2D eigenvalue weighted by molar-refractivity contribution is 7.89. The van der Waals surface area contributed by atoms with E-state index in [4.69, 9.17) is 10.5 Å². The van der Waals surface area contributed by atoms with Crippen molar-refractivity contribution >= 4 is 15.9 Å². The molecule has 0 rings (SSSR count). The molecular formula is C9H21N3O4S. The summed E-state index contributed by atoms with van der Waals surface area (Å²) in [5.41, 5.74) is 5.22. The van der Waals surface area contributed by atoms with E-state index in [1.807, 2.05) is 0 Å². The van der Waals surface area contributed by atoms with Crippen LogP contribution in [0.1, 0.15) is 13.3 Å². The molecular weight excluding hydrogens is 246 g/mol. The molecule has 8 heteroatoms.